The minimum atomic E-state index is 0.822. The number of hydrogen-bond acceptors (Lipinski definition) is 14. The van der Waals surface area contributed by atoms with Crippen molar-refractivity contribution in [3.05, 3.63) is 256 Å². The zero-order chi connectivity index (χ0) is 49.7. The quantitative estimate of drug-likeness (QED) is 0.154. The van der Waals surface area contributed by atoms with Gasteiger partial charge in [0, 0.05) is 96.9 Å². The fourth-order valence-electron chi connectivity index (χ4n) is 4.17. The molecule has 0 saturated carbocycles. The van der Waals surface area contributed by atoms with Gasteiger partial charge in [0.2, 0.25) is 0 Å². The number of aryl methyl sites for hydroxylation is 9. The SMILES string of the molecule is CC1=CNCC=C1.Cc1ccccc1.Cc1ccccn1.Cc1cccnc1.Cc1cccnn1.Cc1cccs1.Cc1cnccn1.Cc1cncnc1.Cc1ncccn1.Cc1nccs1. The van der Waals surface area contributed by atoms with E-state index in [1.165, 1.54) is 27.9 Å². The van der Waals surface area contributed by atoms with Crippen LogP contribution in [-0.4, -0.2) is 61.6 Å². The predicted molar refractivity (Wildman–Crippen MR) is 283 cm³/mol. The van der Waals surface area contributed by atoms with Gasteiger partial charge in [-0.1, -0.05) is 66.2 Å². The molecule has 0 aliphatic carbocycles. The molecule has 354 valence electrons. The highest BCUT2D eigenvalue weighted by Crippen LogP contribution is 2.04. The van der Waals surface area contributed by atoms with Crippen LogP contribution in [0.2, 0.25) is 0 Å². The van der Waals surface area contributed by atoms with Crippen LogP contribution in [0.25, 0.3) is 0 Å². The van der Waals surface area contributed by atoms with Crippen molar-refractivity contribution in [2.75, 3.05) is 6.54 Å². The highest BCUT2D eigenvalue weighted by molar-refractivity contribution is 7.09. The van der Waals surface area contributed by atoms with E-state index >= 15 is 0 Å². The monoisotopic (exact) mass is 946 g/mol. The molecule has 0 saturated heterocycles. The number of rotatable bonds is 0. The maximum atomic E-state index is 3.98. The topological polar surface area (TPSA) is 154 Å². The van der Waals surface area contributed by atoms with Crippen LogP contribution >= 0.6 is 22.7 Å². The van der Waals surface area contributed by atoms with Crippen LogP contribution in [0.5, 0.6) is 0 Å². The molecule has 0 bridgehead atoms. The number of pyridine rings is 2. The Kier molecular flexibility index (Phi) is 35.2. The Morgan fingerprint density at radius 2 is 1.09 bits per heavy atom. The van der Waals surface area contributed by atoms with Crippen LogP contribution in [0.4, 0.5) is 0 Å². The van der Waals surface area contributed by atoms with Gasteiger partial charge in [0.25, 0.3) is 0 Å². The van der Waals surface area contributed by atoms with Gasteiger partial charge in [-0.25, -0.2) is 19.9 Å². The number of nitrogens with one attached hydrogen (secondary N) is 1. The third-order valence-electron chi connectivity index (χ3n) is 7.51. The van der Waals surface area contributed by atoms with Gasteiger partial charge in [0.05, 0.1) is 16.4 Å². The average molecular weight is 947 g/mol. The molecule has 14 heteroatoms. The fourth-order valence-corrected chi connectivity index (χ4v) is 5.14. The smallest absolute Gasteiger partial charge is 0.125 e. The Morgan fingerprint density at radius 3 is 1.35 bits per heavy atom. The van der Waals surface area contributed by atoms with Gasteiger partial charge in [-0.2, -0.15) is 10.2 Å². The van der Waals surface area contributed by atoms with Crippen molar-refractivity contribution < 1.29 is 0 Å². The molecular formula is C54H66N12S2. The number of dihydropyridines is 1. The van der Waals surface area contributed by atoms with Gasteiger partial charge in [-0.3, -0.25) is 24.9 Å². The molecule has 9 heterocycles. The first-order valence-corrected chi connectivity index (χ1v) is 23.3. The second-order valence-electron chi connectivity index (χ2n) is 14.1. The molecule has 0 atom stereocenters. The number of thiophene rings is 1. The second-order valence-corrected chi connectivity index (χ2v) is 16.3. The lowest BCUT2D eigenvalue weighted by molar-refractivity contribution is 0.955. The molecule has 12 nitrogen and oxygen atoms in total. The van der Waals surface area contributed by atoms with E-state index in [2.05, 4.69) is 123 Å². The summed E-state index contributed by atoms with van der Waals surface area (Å²) >= 11 is 3.44. The third kappa shape index (κ3) is 38.9. The number of benzene rings is 1. The Labute approximate surface area is 412 Å². The van der Waals surface area contributed by atoms with Crippen LogP contribution in [0.15, 0.2) is 206 Å². The van der Waals surface area contributed by atoms with Crippen LogP contribution in [0.3, 0.4) is 0 Å². The van der Waals surface area contributed by atoms with Crippen LogP contribution in [0.1, 0.15) is 56.4 Å². The van der Waals surface area contributed by atoms with Crippen LogP contribution in [0, 0.1) is 62.3 Å². The summed E-state index contributed by atoms with van der Waals surface area (Å²) in [5.74, 6) is 0.822. The average Bonchev–Trinajstić information content (AvgIpc) is 4.06. The number of allylic oxidation sites excluding steroid dienone is 2. The second kappa shape index (κ2) is 40.9. The van der Waals surface area contributed by atoms with Crippen LogP contribution in [-0.2, 0) is 0 Å². The molecule has 10 rings (SSSR count). The maximum Gasteiger partial charge on any atom is 0.125 e. The van der Waals surface area contributed by atoms with Crippen molar-refractivity contribution in [1.29, 1.82) is 0 Å². The number of aromatic nitrogens is 11. The van der Waals surface area contributed by atoms with E-state index in [-0.39, 0.29) is 0 Å². The van der Waals surface area contributed by atoms with E-state index in [1.54, 1.807) is 96.9 Å². The summed E-state index contributed by atoms with van der Waals surface area (Å²) in [6, 6.07) is 29.8. The van der Waals surface area contributed by atoms with E-state index < -0.39 is 0 Å². The third-order valence-corrected chi connectivity index (χ3v) is 9.02. The Hall–Kier alpha value is -7.55. The van der Waals surface area contributed by atoms with E-state index in [0.717, 1.165) is 40.0 Å². The zero-order valence-corrected chi connectivity index (χ0v) is 42.6. The summed E-state index contributed by atoms with van der Waals surface area (Å²) in [6.45, 7) is 20.9. The molecule has 9 aromatic rings. The molecule has 0 amide bonds. The fraction of sp³-hybridized carbons (Fsp3) is 0.204. The minimum Gasteiger partial charge on any atom is -0.387 e. The molecule has 0 fully saturated rings. The molecule has 0 spiro atoms. The van der Waals surface area contributed by atoms with Gasteiger partial charge in [-0.15, -0.1) is 22.7 Å². The lowest BCUT2D eigenvalue weighted by Crippen LogP contribution is -2.07. The Morgan fingerprint density at radius 1 is 0.441 bits per heavy atom. The molecule has 8 aromatic heterocycles. The first-order valence-electron chi connectivity index (χ1n) is 21.6. The number of nitrogens with zero attached hydrogens (tertiary/aromatic N) is 11. The van der Waals surface area contributed by atoms with Gasteiger partial charge < -0.3 is 5.32 Å². The van der Waals surface area contributed by atoms with Gasteiger partial charge >= 0.3 is 0 Å². The standard InChI is InChI=1S/C7H8.C6H9N.2C6H7N.4C5H6N2.C5H6S.C4H5NS/c1-7-5-3-2-4-6-7;2*1-6-3-2-4-7-5-6;1-6-4-2-3-5-7-6;1-5-2-6-4-7-3-5;1-5-4-6-2-3-7-5;1-5-6-3-2-4-7-5;1-5-3-2-4-6-7-5;1-5-3-2-4-6-5;1-4-5-2-3-6-4/h2-6H,1H3;2-3,5,7H,4H2,1H3;2*2-5H,1H3;4*2-4H,1H3;2-4H,1H3;2-3H,1H3. The first-order chi connectivity index (χ1) is 32.9. The molecule has 68 heavy (non-hydrogen) atoms. The summed E-state index contributed by atoms with van der Waals surface area (Å²) in [4.78, 5) is 36.2. The van der Waals surface area contributed by atoms with Gasteiger partial charge in [-0.05, 0) is 140 Å². The number of hydrogen-bond donors (Lipinski definition) is 1. The van der Waals surface area contributed by atoms with E-state index in [9.17, 15) is 0 Å². The van der Waals surface area contributed by atoms with Crippen molar-refractivity contribution in [1.82, 2.24) is 60.4 Å². The highest BCUT2D eigenvalue weighted by atomic mass is 32.1. The van der Waals surface area contributed by atoms with Crippen molar-refractivity contribution >= 4 is 22.7 Å². The molecule has 1 aliphatic rings. The first kappa shape index (κ1) is 58.5. The summed E-state index contributed by atoms with van der Waals surface area (Å²) in [7, 11) is 0. The Bertz CT molecular complexity index is 2070. The molecule has 1 aliphatic heterocycles. The molecule has 1 aromatic carbocycles. The van der Waals surface area contributed by atoms with E-state index in [0.29, 0.717) is 0 Å². The molecule has 0 radical (unpaired) electrons. The minimum absolute atomic E-state index is 0.822. The van der Waals surface area contributed by atoms with Crippen molar-refractivity contribution in [3.63, 3.8) is 0 Å². The summed E-state index contributed by atoms with van der Waals surface area (Å²) in [5, 5.41) is 15.6. The largest absolute Gasteiger partial charge is 0.387 e. The maximum absolute atomic E-state index is 3.98. The predicted octanol–water partition coefficient (Wildman–Crippen LogP) is 12.5. The summed E-state index contributed by atoms with van der Waals surface area (Å²) < 4.78 is 0. The summed E-state index contributed by atoms with van der Waals surface area (Å²) in [5.41, 5.74) is 7.92. The Balaban J connectivity index is 0.000000378. The van der Waals surface area contributed by atoms with Gasteiger partial charge in [0.15, 0.2) is 0 Å². The number of thiazole rings is 1. The lowest BCUT2D eigenvalue weighted by Gasteiger charge is -2.00. The lowest BCUT2D eigenvalue weighted by atomic mass is 10.2. The van der Waals surface area contributed by atoms with Gasteiger partial charge in [0.1, 0.15) is 12.2 Å². The molecular weight excluding hydrogens is 881 g/mol. The molecule has 0 unspecified atom stereocenters. The normalized spacial score (nSPS) is 9.71. The van der Waals surface area contributed by atoms with Crippen molar-refractivity contribution in [3.8, 4) is 0 Å². The van der Waals surface area contributed by atoms with E-state index in [4.69, 9.17) is 0 Å². The summed E-state index contributed by atoms with van der Waals surface area (Å²) in [6.07, 6.45) is 28.7. The highest BCUT2D eigenvalue weighted by Gasteiger charge is 1.84. The zero-order valence-electron chi connectivity index (χ0n) is 41.0. The van der Waals surface area contributed by atoms with Crippen LogP contribution < -0.4 is 5.32 Å². The van der Waals surface area contributed by atoms with Crippen molar-refractivity contribution in [2.45, 2.75) is 69.2 Å². The van der Waals surface area contributed by atoms with E-state index in [1.807, 2.05) is 127 Å². The molecule has 1 N–H and O–H groups in total. The van der Waals surface area contributed by atoms with Crippen molar-refractivity contribution in [2.24, 2.45) is 0 Å².